The molecular formula is C8H5FN2O3S. The average Bonchev–Trinajstić information content (AvgIpc) is 2.16. The minimum Gasteiger partial charge on any atom is -0.337 e. The van der Waals surface area contributed by atoms with Crippen LogP contribution in [0.15, 0.2) is 30.6 Å². The quantitative estimate of drug-likeness (QED) is 0.723. The van der Waals surface area contributed by atoms with Crippen LogP contribution in [-0.4, -0.2) is 18.4 Å². The van der Waals surface area contributed by atoms with Crippen LogP contribution in [0, 0.1) is 0 Å². The normalized spacial score (nSPS) is 11.5. The Morgan fingerprint density at radius 3 is 2.67 bits per heavy atom. The predicted molar refractivity (Wildman–Crippen MR) is 50.2 cm³/mol. The van der Waals surface area contributed by atoms with Gasteiger partial charge in [-0.15, -0.1) is 0 Å². The molecule has 0 atom stereocenters. The highest BCUT2D eigenvalue weighted by atomic mass is 32.3. The fourth-order valence-corrected chi connectivity index (χ4v) is 1.46. The molecule has 0 aliphatic heterocycles. The van der Waals surface area contributed by atoms with Crippen molar-refractivity contribution in [1.82, 2.24) is 9.97 Å². The minimum atomic E-state index is -5.06. The Morgan fingerprint density at radius 1 is 1.20 bits per heavy atom. The fourth-order valence-electron chi connectivity index (χ4n) is 1.14. The van der Waals surface area contributed by atoms with Gasteiger partial charge in [0.2, 0.25) is 5.88 Å². The summed E-state index contributed by atoms with van der Waals surface area (Å²) < 4.78 is 37.0. The van der Waals surface area contributed by atoms with E-state index in [1.165, 1.54) is 6.07 Å². The van der Waals surface area contributed by atoms with Gasteiger partial charge < -0.3 is 4.18 Å². The molecule has 1 aromatic heterocycles. The Morgan fingerprint density at radius 2 is 1.93 bits per heavy atom. The first kappa shape index (κ1) is 9.78. The van der Waals surface area contributed by atoms with Crippen LogP contribution in [0.2, 0.25) is 0 Å². The van der Waals surface area contributed by atoms with Crippen LogP contribution in [0.1, 0.15) is 0 Å². The van der Waals surface area contributed by atoms with Gasteiger partial charge >= 0.3 is 10.5 Å². The number of benzene rings is 1. The summed E-state index contributed by atoms with van der Waals surface area (Å²) in [6.45, 7) is 0. The molecule has 1 aromatic carbocycles. The van der Waals surface area contributed by atoms with Crippen LogP contribution in [-0.2, 0) is 10.5 Å². The van der Waals surface area contributed by atoms with Crippen LogP contribution < -0.4 is 4.18 Å². The molecule has 0 saturated carbocycles. The second-order valence-corrected chi connectivity index (χ2v) is 3.63. The van der Waals surface area contributed by atoms with Crippen LogP contribution in [0.4, 0.5) is 3.89 Å². The first-order valence-electron chi connectivity index (χ1n) is 3.90. The molecule has 15 heavy (non-hydrogen) atoms. The predicted octanol–water partition coefficient (Wildman–Crippen LogP) is 1.22. The lowest BCUT2D eigenvalue weighted by Gasteiger charge is -2.01. The molecule has 0 spiro atoms. The van der Waals surface area contributed by atoms with E-state index in [2.05, 4.69) is 14.2 Å². The second-order valence-electron chi connectivity index (χ2n) is 2.67. The van der Waals surface area contributed by atoms with E-state index in [1.807, 2.05) is 0 Å². The third-order valence-corrected chi connectivity index (χ3v) is 2.04. The molecule has 0 radical (unpaired) electrons. The number of aromatic nitrogens is 2. The summed E-state index contributed by atoms with van der Waals surface area (Å²) >= 11 is 0. The van der Waals surface area contributed by atoms with Crippen molar-refractivity contribution < 1.29 is 16.5 Å². The van der Waals surface area contributed by atoms with Crippen molar-refractivity contribution in [1.29, 1.82) is 0 Å². The Bertz CT molecular complexity index is 594. The Labute approximate surface area is 85.0 Å². The van der Waals surface area contributed by atoms with Gasteiger partial charge in [-0.05, 0) is 12.1 Å². The maximum Gasteiger partial charge on any atom is 0.490 e. The van der Waals surface area contributed by atoms with Gasteiger partial charge in [-0.1, -0.05) is 16.0 Å². The summed E-state index contributed by atoms with van der Waals surface area (Å²) in [5, 5.41) is 0.334. The van der Waals surface area contributed by atoms with Crippen molar-refractivity contribution >= 4 is 21.4 Å². The van der Waals surface area contributed by atoms with Gasteiger partial charge in [-0.2, -0.15) is 8.42 Å². The zero-order valence-corrected chi connectivity index (χ0v) is 8.11. The highest BCUT2D eigenvalue weighted by molar-refractivity contribution is 7.81. The largest absolute Gasteiger partial charge is 0.490 e. The zero-order chi connectivity index (χ0) is 10.9. The van der Waals surface area contributed by atoms with Crippen molar-refractivity contribution in [2.75, 3.05) is 0 Å². The molecule has 0 fully saturated rings. The topological polar surface area (TPSA) is 69.2 Å². The summed E-state index contributed by atoms with van der Waals surface area (Å²) in [6, 6.07) is 6.52. The van der Waals surface area contributed by atoms with Crippen LogP contribution in [0.5, 0.6) is 5.88 Å². The molecule has 5 nitrogen and oxygen atoms in total. The minimum absolute atomic E-state index is 0.317. The first-order chi connectivity index (χ1) is 7.06. The number of nitrogens with zero attached hydrogens (tertiary/aromatic N) is 2. The second kappa shape index (κ2) is 3.43. The number of fused-ring (bicyclic) bond motifs is 1. The van der Waals surface area contributed by atoms with Crippen molar-refractivity contribution in [3.63, 3.8) is 0 Å². The molecule has 0 aliphatic carbocycles. The maximum atomic E-state index is 12.3. The van der Waals surface area contributed by atoms with Gasteiger partial charge in [0.05, 0.1) is 10.9 Å². The molecule has 7 heteroatoms. The van der Waals surface area contributed by atoms with Crippen molar-refractivity contribution in [3.05, 3.63) is 30.6 Å². The van der Waals surface area contributed by atoms with Crippen LogP contribution >= 0.6 is 0 Å². The van der Waals surface area contributed by atoms with Gasteiger partial charge in [0.1, 0.15) is 6.33 Å². The smallest absolute Gasteiger partial charge is 0.337 e. The van der Waals surface area contributed by atoms with E-state index in [1.54, 1.807) is 18.2 Å². The average molecular weight is 228 g/mol. The molecular weight excluding hydrogens is 223 g/mol. The van der Waals surface area contributed by atoms with E-state index in [0.717, 1.165) is 6.33 Å². The monoisotopic (exact) mass is 228 g/mol. The van der Waals surface area contributed by atoms with E-state index in [9.17, 15) is 12.3 Å². The molecule has 0 aliphatic rings. The molecule has 0 N–H and O–H groups in total. The van der Waals surface area contributed by atoms with Gasteiger partial charge in [0.25, 0.3) is 0 Å². The van der Waals surface area contributed by atoms with E-state index in [-0.39, 0.29) is 5.88 Å². The van der Waals surface area contributed by atoms with Gasteiger partial charge in [0.15, 0.2) is 0 Å². The summed E-state index contributed by atoms with van der Waals surface area (Å²) in [5.74, 6) is -0.317. The van der Waals surface area contributed by atoms with Crippen molar-refractivity contribution in [3.8, 4) is 5.88 Å². The lowest BCUT2D eigenvalue weighted by Crippen LogP contribution is -2.03. The number of rotatable bonds is 2. The third-order valence-electron chi connectivity index (χ3n) is 1.68. The fraction of sp³-hybridized carbons (Fsp3) is 0. The lowest BCUT2D eigenvalue weighted by molar-refractivity contribution is 0.434. The van der Waals surface area contributed by atoms with Crippen molar-refractivity contribution in [2.45, 2.75) is 0 Å². The molecule has 2 rings (SSSR count). The van der Waals surface area contributed by atoms with E-state index in [0.29, 0.717) is 10.9 Å². The Hall–Kier alpha value is -1.76. The number of halogens is 1. The Balaban J connectivity index is 2.61. The maximum absolute atomic E-state index is 12.3. The van der Waals surface area contributed by atoms with E-state index < -0.39 is 10.5 Å². The third kappa shape index (κ3) is 2.18. The summed E-state index contributed by atoms with van der Waals surface area (Å²) in [7, 11) is -5.06. The SMILES string of the molecule is O=S(=O)(F)Oc1ncnc2ccccc12. The highest BCUT2D eigenvalue weighted by Crippen LogP contribution is 2.21. The summed E-state index contributed by atoms with van der Waals surface area (Å²) in [5.41, 5.74) is 0.478. The molecule has 1 heterocycles. The number of hydrogen-bond acceptors (Lipinski definition) is 5. The summed E-state index contributed by atoms with van der Waals surface area (Å²) in [6.07, 6.45) is 1.10. The lowest BCUT2D eigenvalue weighted by atomic mass is 10.2. The van der Waals surface area contributed by atoms with Gasteiger partial charge in [-0.25, -0.2) is 9.97 Å². The van der Waals surface area contributed by atoms with E-state index >= 15 is 0 Å². The number of para-hydroxylation sites is 1. The molecule has 0 unspecified atom stereocenters. The van der Waals surface area contributed by atoms with Crippen LogP contribution in [0.25, 0.3) is 10.9 Å². The molecule has 2 aromatic rings. The molecule has 0 bridgehead atoms. The van der Waals surface area contributed by atoms with Gasteiger partial charge in [0, 0.05) is 0 Å². The van der Waals surface area contributed by atoms with E-state index in [4.69, 9.17) is 0 Å². The molecule has 0 amide bonds. The molecule has 78 valence electrons. The first-order valence-corrected chi connectivity index (χ1v) is 5.21. The zero-order valence-electron chi connectivity index (χ0n) is 7.29. The Kier molecular flexibility index (Phi) is 2.24. The van der Waals surface area contributed by atoms with Crippen LogP contribution in [0.3, 0.4) is 0 Å². The summed E-state index contributed by atoms with van der Waals surface area (Å²) in [4.78, 5) is 7.40. The standard InChI is InChI=1S/C8H5FN2O3S/c9-15(12,13)14-8-6-3-1-2-4-7(6)10-5-11-8/h1-5H. The van der Waals surface area contributed by atoms with Gasteiger partial charge in [-0.3, -0.25) is 0 Å². The molecule has 0 saturated heterocycles. The van der Waals surface area contributed by atoms with Crippen molar-refractivity contribution in [2.24, 2.45) is 0 Å². The highest BCUT2D eigenvalue weighted by Gasteiger charge is 2.13. The number of hydrogen-bond donors (Lipinski definition) is 0.